The third-order valence-electron chi connectivity index (χ3n) is 2.52. The lowest BCUT2D eigenvalue weighted by molar-refractivity contribution is -0.116. The van der Waals surface area contributed by atoms with Crippen LogP contribution < -0.4 is 5.32 Å². The lowest BCUT2D eigenvalue weighted by Crippen LogP contribution is -2.19. The molecule has 0 aliphatic rings. The fraction of sp³-hybridized carbons (Fsp3) is 0.312. The molecule has 0 bridgehead atoms. The lowest BCUT2D eigenvalue weighted by Gasteiger charge is -1.97. The molecule has 0 saturated carbocycles. The first-order chi connectivity index (χ1) is 8.83. The van der Waals surface area contributed by atoms with Crippen LogP contribution in [-0.4, -0.2) is 12.5 Å². The molecule has 0 aliphatic heterocycles. The van der Waals surface area contributed by atoms with E-state index in [1.54, 1.807) is 12.2 Å². The number of likely N-dealkylation sites (N-methyl/N-ethyl adjacent to an activating group) is 1. The zero-order chi connectivity index (χ0) is 13.1. The third kappa shape index (κ3) is 6.69. The first-order valence-corrected chi connectivity index (χ1v) is 6.48. The van der Waals surface area contributed by atoms with Crippen molar-refractivity contribution in [3.05, 3.63) is 60.2 Å². The summed E-state index contributed by atoms with van der Waals surface area (Å²) < 4.78 is 0. The average Bonchev–Trinajstić information content (AvgIpc) is 2.39. The Morgan fingerprint density at radius 2 is 2.00 bits per heavy atom. The molecule has 0 unspecified atom stereocenters. The summed E-state index contributed by atoms with van der Waals surface area (Å²) in [5, 5.41) is 2.71. The van der Waals surface area contributed by atoms with Gasteiger partial charge in [-0.1, -0.05) is 48.6 Å². The van der Waals surface area contributed by atoms with Gasteiger partial charge in [-0.15, -0.1) is 0 Å². The molecule has 0 aliphatic carbocycles. The van der Waals surface area contributed by atoms with Crippen molar-refractivity contribution >= 4 is 5.91 Å². The molecule has 0 aromatic heterocycles. The Labute approximate surface area is 109 Å². The number of hydrogen-bond acceptors (Lipinski definition) is 1. The van der Waals surface area contributed by atoms with Gasteiger partial charge in [-0.2, -0.15) is 0 Å². The van der Waals surface area contributed by atoms with Gasteiger partial charge in [-0.05, 0) is 31.7 Å². The van der Waals surface area contributed by atoms with E-state index in [0.29, 0.717) is 6.54 Å². The number of aryl methyl sites for hydroxylation is 1. The van der Waals surface area contributed by atoms with Gasteiger partial charge >= 0.3 is 0 Å². The smallest absolute Gasteiger partial charge is 0.243 e. The standard InChI is InChI=1S/C16H21NO/c1-2-17-16(18)14-10-5-3-4-7-11-15-12-8-6-9-13-15/h3,5-6,8-10,12-14H,2,4,7,11H2,1H3,(H,17,18)/b5-3+,14-10+. The van der Waals surface area contributed by atoms with E-state index < -0.39 is 0 Å². The number of benzene rings is 1. The van der Waals surface area contributed by atoms with Gasteiger partial charge < -0.3 is 5.32 Å². The summed E-state index contributed by atoms with van der Waals surface area (Å²) in [4.78, 5) is 11.1. The van der Waals surface area contributed by atoms with Gasteiger partial charge in [0, 0.05) is 12.6 Å². The lowest BCUT2D eigenvalue weighted by atomic mass is 10.1. The zero-order valence-corrected chi connectivity index (χ0v) is 10.9. The molecule has 1 rings (SSSR count). The largest absolute Gasteiger partial charge is 0.353 e. The van der Waals surface area contributed by atoms with Crippen LogP contribution in [0, 0.1) is 0 Å². The molecule has 1 aromatic rings. The van der Waals surface area contributed by atoms with E-state index in [9.17, 15) is 4.79 Å². The topological polar surface area (TPSA) is 29.1 Å². The first kappa shape index (κ1) is 14.2. The molecule has 2 nitrogen and oxygen atoms in total. The minimum absolute atomic E-state index is 0.0357. The summed E-state index contributed by atoms with van der Waals surface area (Å²) in [6.07, 6.45) is 10.6. The van der Waals surface area contributed by atoms with Crippen LogP contribution in [0.2, 0.25) is 0 Å². The maximum Gasteiger partial charge on any atom is 0.243 e. The average molecular weight is 243 g/mol. The van der Waals surface area contributed by atoms with E-state index in [1.165, 1.54) is 5.56 Å². The fourth-order valence-corrected chi connectivity index (χ4v) is 1.62. The van der Waals surface area contributed by atoms with Crippen molar-refractivity contribution < 1.29 is 4.79 Å². The van der Waals surface area contributed by atoms with Gasteiger partial charge in [0.1, 0.15) is 0 Å². The molecule has 1 amide bonds. The minimum atomic E-state index is -0.0357. The molecule has 1 N–H and O–H groups in total. The summed E-state index contributed by atoms with van der Waals surface area (Å²) in [6, 6.07) is 10.5. The van der Waals surface area contributed by atoms with Crippen LogP contribution in [0.4, 0.5) is 0 Å². The summed E-state index contributed by atoms with van der Waals surface area (Å²) >= 11 is 0. The number of carbonyl (C=O) groups is 1. The summed E-state index contributed by atoms with van der Waals surface area (Å²) in [5.41, 5.74) is 1.38. The molecule has 0 heterocycles. The predicted molar refractivity (Wildman–Crippen MR) is 76.3 cm³/mol. The Kier molecular flexibility index (Phi) is 7.29. The second-order valence-corrected chi connectivity index (χ2v) is 4.06. The molecular weight excluding hydrogens is 222 g/mol. The molecule has 0 saturated heterocycles. The Bertz CT molecular complexity index is 393. The van der Waals surface area contributed by atoms with E-state index in [4.69, 9.17) is 0 Å². The number of nitrogens with one attached hydrogen (secondary N) is 1. The van der Waals surface area contributed by atoms with Gasteiger partial charge in [0.25, 0.3) is 0 Å². The highest BCUT2D eigenvalue weighted by Gasteiger charge is 1.90. The van der Waals surface area contributed by atoms with Crippen LogP contribution in [0.15, 0.2) is 54.6 Å². The molecule has 96 valence electrons. The number of unbranched alkanes of at least 4 members (excludes halogenated alkanes) is 1. The highest BCUT2D eigenvalue weighted by atomic mass is 16.1. The van der Waals surface area contributed by atoms with Crippen LogP contribution in [-0.2, 0) is 11.2 Å². The van der Waals surface area contributed by atoms with Crippen LogP contribution >= 0.6 is 0 Å². The Morgan fingerprint density at radius 3 is 2.72 bits per heavy atom. The quantitative estimate of drug-likeness (QED) is 0.444. The van der Waals surface area contributed by atoms with E-state index >= 15 is 0 Å². The normalized spacial score (nSPS) is 11.2. The number of hydrogen-bond donors (Lipinski definition) is 1. The Hall–Kier alpha value is -1.83. The zero-order valence-electron chi connectivity index (χ0n) is 10.9. The van der Waals surface area contributed by atoms with Crippen LogP contribution in [0.3, 0.4) is 0 Å². The monoisotopic (exact) mass is 243 g/mol. The van der Waals surface area contributed by atoms with Crippen molar-refractivity contribution in [1.82, 2.24) is 5.32 Å². The van der Waals surface area contributed by atoms with Gasteiger partial charge in [-0.25, -0.2) is 0 Å². The Balaban J connectivity index is 2.12. The third-order valence-corrected chi connectivity index (χ3v) is 2.52. The molecule has 2 heteroatoms. The van der Waals surface area contributed by atoms with Gasteiger partial charge in [0.05, 0.1) is 0 Å². The van der Waals surface area contributed by atoms with Gasteiger partial charge in [0.15, 0.2) is 0 Å². The number of allylic oxidation sites excluding steroid dienone is 3. The molecule has 0 fully saturated rings. The maximum atomic E-state index is 11.1. The second-order valence-electron chi connectivity index (χ2n) is 4.06. The van der Waals surface area contributed by atoms with Crippen LogP contribution in [0.1, 0.15) is 25.3 Å². The van der Waals surface area contributed by atoms with Crippen LogP contribution in [0.5, 0.6) is 0 Å². The van der Waals surface area contributed by atoms with Crippen molar-refractivity contribution in [2.45, 2.75) is 26.2 Å². The second kappa shape index (κ2) is 9.23. The number of carbonyl (C=O) groups excluding carboxylic acids is 1. The van der Waals surface area contributed by atoms with Crippen molar-refractivity contribution in [3.8, 4) is 0 Å². The first-order valence-electron chi connectivity index (χ1n) is 6.48. The summed E-state index contributed by atoms with van der Waals surface area (Å²) in [6.45, 7) is 2.58. The van der Waals surface area contributed by atoms with Crippen LogP contribution in [0.25, 0.3) is 0 Å². The SMILES string of the molecule is CCNC(=O)/C=C/C=C/CCCc1ccccc1. The molecule has 18 heavy (non-hydrogen) atoms. The van der Waals surface area contributed by atoms with Gasteiger partial charge in [-0.3, -0.25) is 4.79 Å². The van der Waals surface area contributed by atoms with E-state index in [0.717, 1.165) is 19.3 Å². The number of amides is 1. The Morgan fingerprint density at radius 1 is 1.22 bits per heavy atom. The van der Waals surface area contributed by atoms with Crippen molar-refractivity contribution in [1.29, 1.82) is 0 Å². The van der Waals surface area contributed by atoms with E-state index in [1.807, 2.05) is 19.1 Å². The predicted octanol–water partition coefficient (Wildman–Crippen LogP) is 3.26. The van der Waals surface area contributed by atoms with Crippen molar-refractivity contribution in [3.63, 3.8) is 0 Å². The molecule has 0 radical (unpaired) electrons. The highest BCUT2D eigenvalue weighted by molar-refractivity contribution is 5.87. The highest BCUT2D eigenvalue weighted by Crippen LogP contribution is 2.04. The molecule has 0 atom stereocenters. The van der Waals surface area contributed by atoms with Crippen molar-refractivity contribution in [2.24, 2.45) is 0 Å². The summed E-state index contributed by atoms with van der Waals surface area (Å²) in [7, 11) is 0. The molecule has 0 spiro atoms. The molecule has 1 aromatic carbocycles. The minimum Gasteiger partial charge on any atom is -0.353 e. The number of rotatable bonds is 7. The van der Waals surface area contributed by atoms with Gasteiger partial charge in [0.2, 0.25) is 5.91 Å². The summed E-state index contributed by atoms with van der Waals surface area (Å²) in [5.74, 6) is -0.0357. The maximum absolute atomic E-state index is 11.1. The van der Waals surface area contributed by atoms with E-state index in [-0.39, 0.29) is 5.91 Å². The van der Waals surface area contributed by atoms with Crippen molar-refractivity contribution in [2.75, 3.05) is 6.54 Å². The fourth-order valence-electron chi connectivity index (χ4n) is 1.62. The van der Waals surface area contributed by atoms with E-state index in [2.05, 4.69) is 35.7 Å². The molecular formula is C16H21NO.